The van der Waals surface area contributed by atoms with Crippen LogP contribution in [0, 0.1) is 0 Å². The smallest absolute Gasteiger partial charge is 0.312 e. The molecule has 0 aliphatic heterocycles. The first-order valence-electron chi connectivity index (χ1n) is 6.07. The zero-order valence-corrected chi connectivity index (χ0v) is 11.1. The van der Waals surface area contributed by atoms with Crippen molar-refractivity contribution < 1.29 is 18.4 Å². The monoisotopic (exact) mass is 285 g/mol. The number of urea groups is 1. The molecule has 7 heteroatoms. The molecule has 0 aliphatic rings. The molecule has 0 saturated carbocycles. The quantitative estimate of drug-likeness (QED) is 0.827. The summed E-state index contributed by atoms with van der Waals surface area (Å²) < 4.78 is 25.1. The van der Waals surface area contributed by atoms with Crippen molar-refractivity contribution in [1.29, 1.82) is 0 Å². The first-order chi connectivity index (χ1) is 9.40. The first-order valence-corrected chi connectivity index (χ1v) is 6.07. The Morgan fingerprint density at radius 2 is 1.90 bits per heavy atom. The molecule has 0 saturated heterocycles. The van der Waals surface area contributed by atoms with Crippen LogP contribution in [0.3, 0.4) is 0 Å². The van der Waals surface area contributed by atoms with Gasteiger partial charge in [-0.3, -0.25) is 4.79 Å². The maximum absolute atomic E-state index is 12.6. The zero-order valence-electron chi connectivity index (χ0n) is 11.1. The Morgan fingerprint density at radius 3 is 2.40 bits per heavy atom. The Morgan fingerprint density at radius 1 is 1.30 bits per heavy atom. The fourth-order valence-electron chi connectivity index (χ4n) is 1.75. The van der Waals surface area contributed by atoms with Crippen molar-refractivity contribution in [2.75, 3.05) is 6.54 Å². The van der Waals surface area contributed by atoms with Gasteiger partial charge in [0.2, 0.25) is 5.91 Å². The van der Waals surface area contributed by atoms with Gasteiger partial charge in [0.15, 0.2) is 0 Å². The van der Waals surface area contributed by atoms with Gasteiger partial charge in [0.05, 0.1) is 6.54 Å². The van der Waals surface area contributed by atoms with Crippen LogP contribution in [0.2, 0.25) is 0 Å². The number of halogens is 2. The molecule has 1 unspecified atom stereocenters. The van der Waals surface area contributed by atoms with Gasteiger partial charge in [0.1, 0.15) is 6.04 Å². The Balaban J connectivity index is 2.78. The third kappa shape index (κ3) is 5.21. The number of benzene rings is 1. The molecule has 1 rings (SSSR count). The average Bonchev–Trinajstić information content (AvgIpc) is 2.37. The Bertz CT molecular complexity index is 454. The second-order valence-electron chi connectivity index (χ2n) is 4.33. The third-order valence-corrected chi connectivity index (χ3v) is 2.62. The fourth-order valence-corrected chi connectivity index (χ4v) is 1.75. The summed E-state index contributed by atoms with van der Waals surface area (Å²) in [7, 11) is 0. The molecule has 110 valence electrons. The van der Waals surface area contributed by atoms with E-state index in [2.05, 4.69) is 5.32 Å². The van der Waals surface area contributed by atoms with E-state index in [1.54, 1.807) is 30.3 Å². The highest BCUT2D eigenvalue weighted by atomic mass is 19.3. The summed E-state index contributed by atoms with van der Waals surface area (Å²) in [6.45, 7) is 0.754. The van der Waals surface area contributed by atoms with E-state index in [0.29, 0.717) is 0 Å². The van der Waals surface area contributed by atoms with Crippen LogP contribution in [0.15, 0.2) is 30.3 Å². The number of nitrogens with zero attached hydrogens (tertiary/aromatic N) is 1. The number of carbonyl (C=O) groups excluding carboxylic acids is 2. The van der Waals surface area contributed by atoms with Gasteiger partial charge in [-0.25, -0.2) is 13.6 Å². The molecule has 0 bridgehead atoms. The van der Waals surface area contributed by atoms with Gasteiger partial charge in [-0.2, -0.15) is 0 Å². The number of carbonyl (C=O) groups is 2. The highest BCUT2D eigenvalue weighted by Gasteiger charge is 2.24. The molecule has 3 amide bonds. The van der Waals surface area contributed by atoms with Crippen molar-refractivity contribution in [2.24, 2.45) is 5.73 Å². The topological polar surface area (TPSA) is 75.4 Å². The largest absolute Gasteiger partial charge is 0.352 e. The predicted octanol–water partition coefficient (Wildman–Crippen LogP) is 1.34. The summed E-state index contributed by atoms with van der Waals surface area (Å²) in [6.07, 6.45) is -2.65. The molecule has 0 aromatic heterocycles. The summed E-state index contributed by atoms with van der Waals surface area (Å²) in [5.74, 6) is -0.604. The molecule has 3 N–H and O–H groups in total. The van der Waals surface area contributed by atoms with Gasteiger partial charge in [-0.15, -0.1) is 0 Å². The van der Waals surface area contributed by atoms with Crippen LogP contribution in [0.5, 0.6) is 0 Å². The van der Waals surface area contributed by atoms with E-state index in [-0.39, 0.29) is 6.54 Å². The minimum Gasteiger partial charge on any atom is -0.352 e. The maximum Gasteiger partial charge on any atom is 0.312 e. The van der Waals surface area contributed by atoms with Crippen molar-refractivity contribution in [1.82, 2.24) is 10.2 Å². The van der Waals surface area contributed by atoms with Crippen molar-refractivity contribution in [3.8, 4) is 0 Å². The standard InChI is InChI=1S/C13H17F2N3O2/c1-9(17-13(16)20)12(19)18(8-11(14)15)7-10-5-3-2-4-6-10/h2-6,9,11H,7-8H2,1H3,(H3,16,17,20). The number of hydrogen-bond donors (Lipinski definition) is 2. The summed E-state index contributed by atoms with van der Waals surface area (Å²) >= 11 is 0. The van der Waals surface area contributed by atoms with Crippen LogP contribution in [-0.4, -0.2) is 35.9 Å². The van der Waals surface area contributed by atoms with E-state index in [0.717, 1.165) is 10.5 Å². The molecule has 0 fully saturated rings. The van der Waals surface area contributed by atoms with Crippen molar-refractivity contribution in [3.05, 3.63) is 35.9 Å². The fraction of sp³-hybridized carbons (Fsp3) is 0.385. The highest BCUT2D eigenvalue weighted by Crippen LogP contribution is 2.09. The van der Waals surface area contributed by atoms with E-state index in [1.165, 1.54) is 6.92 Å². The van der Waals surface area contributed by atoms with Crippen LogP contribution in [0.4, 0.5) is 13.6 Å². The lowest BCUT2D eigenvalue weighted by Crippen LogP contribution is -2.49. The normalized spacial score (nSPS) is 12.0. The average molecular weight is 285 g/mol. The molecule has 1 atom stereocenters. The van der Waals surface area contributed by atoms with E-state index in [9.17, 15) is 18.4 Å². The number of hydrogen-bond acceptors (Lipinski definition) is 2. The van der Waals surface area contributed by atoms with Gasteiger partial charge in [0, 0.05) is 6.54 Å². The highest BCUT2D eigenvalue weighted by molar-refractivity contribution is 5.86. The minimum absolute atomic E-state index is 0.0504. The molecule has 0 radical (unpaired) electrons. The molecule has 0 spiro atoms. The molecule has 0 aliphatic carbocycles. The molecule has 20 heavy (non-hydrogen) atoms. The molecule has 0 heterocycles. The van der Waals surface area contributed by atoms with Crippen LogP contribution in [0.1, 0.15) is 12.5 Å². The van der Waals surface area contributed by atoms with Gasteiger partial charge < -0.3 is 16.0 Å². The molecular formula is C13H17F2N3O2. The third-order valence-electron chi connectivity index (χ3n) is 2.62. The lowest BCUT2D eigenvalue weighted by molar-refractivity contribution is -0.135. The Labute approximate surface area is 115 Å². The number of nitrogens with two attached hydrogens (primary N) is 1. The molecular weight excluding hydrogens is 268 g/mol. The SMILES string of the molecule is CC(NC(N)=O)C(=O)N(Cc1ccccc1)CC(F)F. The number of nitrogens with one attached hydrogen (secondary N) is 1. The zero-order chi connectivity index (χ0) is 15.1. The van der Waals surface area contributed by atoms with Crippen LogP contribution in [-0.2, 0) is 11.3 Å². The second-order valence-corrected chi connectivity index (χ2v) is 4.33. The molecule has 1 aromatic carbocycles. The summed E-state index contributed by atoms with van der Waals surface area (Å²) in [5, 5.41) is 2.18. The van der Waals surface area contributed by atoms with Gasteiger partial charge >= 0.3 is 6.03 Å². The van der Waals surface area contributed by atoms with Crippen LogP contribution in [0.25, 0.3) is 0 Å². The summed E-state index contributed by atoms with van der Waals surface area (Å²) in [4.78, 5) is 23.8. The molecule has 5 nitrogen and oxygen atoms in total. The van der Waals surface area contributed by atoms with Crippen LogP contribution < -0.4 is 11.1 Å². The number of rotatable bonds is 6. The van der Waals surface area contributed by atoms with Crippen molar-refractivity contribution >= 4 is 11.9 Å². The predicted molar refractivity (Wildman–Crippen MR) is 70.0 cm³/mol. The van der Waals surface area contributed by atoms with E-state index >= 15 is 0 Å². The van der Waals surface area contributed by atoms with E-state index < -0.39 is 31.0 Å². The van der Waals surface area contributed by atoms with Gasteiger partial charge in [-0.05, 0) is 12.5 Å². The molecule has 1 aromatic rings. The van der Waals surface area contributed by atoms with E-state index in [1.807, 2.05) is 0 Å². The first kappa shape index (κ1) is 15.9. The number of primary amides is 1. The van der Waals surface area contributed by atoms with Crippen LogP contribution >= 0.6 is 0 Å². The maximum atomic E-state index is 12.6. The second kappa shape index (κ2) is 7.42. The lowest BCUT2D eigenvalue weighted by Gasteiger charge is -2.25. The van der Waals surface area contributed by atoms with Crippen molar-refractivity contribution in [3.63, 3.8) is 0 Å². The van der Waals surface area contributed by atoms with Crippen molar-refractivity contribution in [2.45, 2.75) is 25.9 Å². The van der Waals surface area contributed by atoms with Gasteiger partial charge in [-0.1, -0.05) is 30.3 Å². The summed E-state index contributed by atoms with van der Waals surface area (Å²) in [6, 6.07) is 6.95. The van der Waals surface area contributed by atoms with Gasteiger partial charge in [0.25, 0.3) is 6.43 Å². The number of amides is 3. The Hall–Kier alpha value is -2.18. The lowest BCUT2D eigenvalue weighted by atomic mass is 10.2. The Kier molecular flexibility index (Phi) is 5.89. The summed E-state index contributed by atoms with van der Waals surface area (Å²) in [5.41, 5.74) is 5.65. The minimum atomic E-state index is -2.65. The van der Waals surface area contributed by atoms with E-state index in [4.69, 9.17) is 5.73 Å². The number of alkyl halides is 2.